The van der Waals surface area contributed by atoms with E-state index < -0.39 is 23.7 Å². The molecule has 0 N–H and O–H groups in total. The summed E-state index contributed by atoms with van der Waals surface area (Å²) < 4.78 is 10.8. The molecule has 22 heavy (non-hydrogen) atoms. The SMILES string of the molecule is C[Si](C)c1ccccc1OC(=O)Oc1ccccc1[Si](C)C. The molecule has 0 amide bonds. The molecule has 0 spiro atoms. The van der Waals surface area contributed by atoms with Crippen molar-refractivity contribution in [3.05, 3.63) is 48.5 Å². The number of para-hydroxylation sites is 2. The fourth-order valence-corrected chi connectivity index (χ4v) is 4.25. The van der Waals surface area contributed by atoms with Crippen molar-refractivity contribution in [2.45, 2.75) is 26.2 Å². The van der Waals surface area contributed by atoms with E-state index in [4.69, 9.17) is 9.47 Å². The molecule has 2 aromatic rings. The summed E-state index contributed by atoms with van der Waals surface area (Å²) >= 11 is 0. The summed E-state index contributed by atoms with van der Waals surface area (Å²) in [5, 5.41) is 2.18. The van der Waals surface area contributed by atoms with Crippen molar-refractivity contribution < 1.29 is 14.3 Å². The zero-order valence-corrected chi connectivity index (χ0v) is 15.3. The number of rotatable bonds is 4. The first-order valence-electron chi connectivity index (χ1n) is 7.18. The highest BCUT2D eigenvalue weighted by atomic mass is 28.3. The average molecular weight is 329 g/mol. The summed E-state index contributed by atoms with van der Waals surface area (Å²) in [6.45, 7) is 8.65. The molecule has 0 atom stereocenters. The largest absolute Gasteiger partial charge is 0.519 e. The highest BCUT2D eigenvalue weighted by molar-refractivity contribution is 6.72. The van der Waals surface area contributed by atoms with Crippen molar-refractivity contribution in [3.8, 4) is 11.5 Å². The Bertz CT molecular complexity index is 598. The standard InChI is InChI=1S/C17H20O3Si2/c1-21(2)15-11-7-5-9-13(15)19-17(18)20-14-10-6-8-12-16(14)22(3)4/h5-12H,1-4H3. The van der Waals surface area contributed by atoms with Crippen LogP contribution in [0.25, 0.3) is 0 Å². The molecule has 0 saturated heterocycles. The monoisotopic (exact) mass is 328 g/mol. The highest BCUT2D eigenvalue weighted by Gasteiger charge is 2.16. The van der Waals surface area contributed by atoms with Crippen LogP contribution in [0.3, 0.4) is 0 Å². The van der Waals surface area contributed by atoms with Crippen molar-refractivity contribution in [2.24, 2.45) is 0 Å². The molecule has 0 heterocycles. The third kappa shape index (κ3) is 4.08. The molecule has 0 unspecified atom stereocenters. The molecule has 2 radical (unpaired) electrons. The van der Waals surface area contributed by atoms with Gasteiger partial charge in [-0.25, -0.2) is 4.79 Å². The van der Waals surface area contributed by atoms with Crippen molar-refractivity contribution in [1.82, 2.24) is 0 Å². The van der Waals surface area contributed by atoms with Gasteiger partial charge in [0.15, 0.2) is 0 Å². The first kappa shape index (κ1) is 16.5. The molecule has 0 saturated carbocycles. The lowest BCUT2D eigenvalue weighted by Gasteiger charge is -2.14. The maximum Gasteiger partial charge on any atom is 0.519 e. The van der Waals surface area contributed by atoms with Gasteiger partial charge in [0.25, 0.3) is 0 Å². The summed E-state index contributed by atoms with van der Waals surface area (Å²) in [6.07, 6.45) is -0.675. The Hall–Kier alpha value is -1.86. The smallest absolute Gasteiger partial charge is 0.395 e. The van der Waals surface area contributed by atoms with Crippen LogP contribution in [0.4, 0.5) is 4.79 Å². The second kappa shape index (κ2) is 7.42. The zero-order valence-electron chi connectivity index (χ0n) is 13.3. The Morgan fingerprint density at radius 3 is 1.45 bits per heavy atom. The van der Waals surface area contributed by atoms with Gasteiger partial charge in [0, 0.05) is 0 Å². The second-order valence-corrected chi connectivity index (χ2v) is 10.5. The molecule has 0 aliphatic rings. The summed E-state index contributed by atoms with van der Waals surface area (Å²) in [6, 6.07) is 15.3. The molecule has 2 rings (SSSR count). The van der Waals surface area contributed by atoms with Crippen molar-refractivity contribution in [1.29, 1.82) is 0 Å². The molecule has 0 bridgehead atoms. The van der Waals surface area contributed by atoms with Gasteiger partial charge in [-0.2, -0.15) is 0 Å². The average Bonchev–Trinajstić information content (AvgIpc) is 2.47. The number of hydrogen-bond donors (Lipinski definition) is 0. The summed E-state index contributed by atoms with van der Waals surface area (Å²) in [7, 11) is -1.42. The fraction of sp³-hybridized carbons (Fsp3) is 0.235. The van der Waals surface area contributed by atoms with E-state index in [0.29, 0.717) is 11.5 Å². The number of benzene rings is 2. The molecule has 5 heteroatoms. The lowest BCUT2D eigenvalue weighted by molar-refractivity contribution is 0.152. The molecule has 0 fully saturated rings. The van der Waals surface area contributed by atoms with Gasteiger partial charge < -0.3 is 9.47 Å². The lowest BCUT2D eigenvalue weighted by atomic mass is 10.3. The predicted molar refractivity (Wildman–Crippen MR) is 93.8 cm³/mol. The van der Waals surface area contributed by atoms with Crippen LogP contribution in [0.2, 0.25) is 26.2 Å². The van der Waals surface area contributed by atoms with Crippen LogP contribution in [0.1, 0.15) is 0 Å². The van der Waals surface area contributed by atoms with E-state index in [9.17, 15) is 4.79 Å². The third-order valence-electron chi connectivity index (χ3n) is 3.24. The number of hydrogen-bond acceptors (Lipinski definition) is 3. The summed E-state index contributed by atoms with van der Waals surface area (Å²) in [5.74, 6) is 1.20. The highest BCUT2D eigenvalue weighted by Crippen LogP contribution is 2.13. The van der Waals surface area contributed by atoms with Crippen LogP contribution >= 0.6 is 0 Å². The van der Waals surface area contributed by atoms with Gasteiger partial charge in [-0.1, -0.05) is 62.6 Å². The normalized spacial score (nSPS) is 10.8. The van der Waals surface area contributed by atoms with Gasteiger partial charge in [0.1, 0.15) is 11.5 Å². The quantitative estimate of drug-likeness (QED) is 0.491. The van der Waals surface area contributed by atoms with Crippen molar-refractivity contribution >= 4 is 34.1 Å². The fourth-order valence-electron chi connectivity index (χ4n) is 2.14. The molecular weight excluding hydrogens is 308 g/mol. The van der Waals surface area contributed by atoms with Crippen molar-refractivity contribution in [2.75, 3.05) is 0 Å². The third-order valence-corrected chi connectivity index (χ3v) is 6.22. The topological polar surface area (TPSA) is 35.5 Å². The second-order valence-electron chi connectivity index (χ2n) is 5.45. The van der Waals surface area contributed by atoms with Crippen molar-refractivity contribution in [3.63, 3.8) is 0 Å². The number of carbonyl (C=O) groups excluding carboxylic acids is 1. The predicted octanol–water partition coefficient (Wildman–Crippen LogP) is 3.19. The molecule has 3 nitrogen and oxygen atoms in total. The molecule has 0 aliphatic heterocycles. The minimum Gasteiger partial charge on any atom is -0.395 e. The van der Waals surface area contributed by atoms with E-state index in [1.54, 1.807) is 0 Å². The van der Waals surface area contributed by atoms with Crippen LogP contribution in [0.15, 0.2) is 48.5 Å². The van der Waals surface area contributed by atoms with Crippen LogP contribution < -0.4 is 19.8 Å². The van der Waals surface area contributed by atoms with Crippen LogP contribution in [0, 0.1) is 0 Å². The minimum atomic E-state index is -0.708. The van der Waals surface area contributed by atoms with Gasteiger partial charge in [-0.15, -0.1) is 0 Å². The molecule has 114 valence electrons. The van der Waals surface area contributed by atoms with E-state index in [1.807, 2.05) is 48.5 Å². The number of ether oxygens (including phenoxy) is 2. The maximum atomic E-state index is 12.1. The van der Waals surface area contributed by atoms with E-state index in [1.165, 1.54) is 0 Å². The maximum absolute atomic E-state index is 12.1. The first-order valence-corrected chi connectivity index (χ1v) is 12.2. The molecule has 0 aliphatic carbocycles. The minimum absolute atomic E-state index is 0.599. The van der Waals surface area contributed by atoms with Gasteiger partial charge in [0.05, 0.1) is 17.6 Å². The van der Waals surface area contributed by atoms with Gasteiger partial charge in [0.2, 0.25) is 0 Å². The summed E-state index contributed by atoms with van der Waals surface area (Å²) in [5.41, 5.74) is 0. The Morgan fingerprint density at radius 1 is 0.727 bits per heavy atom. The van der Waals surface area contributed by atoms with Crippen LogP contribution in [-0.4, -0.2) is 23.7 Å². The Balaban J connectivity index is 2.15. The van der Waals surface area contributed by atoms with E-state index >= 15 is 0 Å². The van der Waals surface area contributed by atoms with E-state index in [-0.39, 0.29) is 0 Å². The molecular formula is C17H20O3Si2. The Labute approximate surface area is 135 Å². The molecule has 0 aromatic heterocycles. The van der Waals surface area contributed by atoms with Gasteiger partial charge in [-0.3, -0.25) is 0 Å². The Morgan fingerprint density at radius 2 is 1.09 bits per heavy atom. The molecule has 2 aromatic carbocycles. The first-order chi connectivity index (χ1) is 10.5. The van der Waals surface area contributed by atoms with Crippen LogP contribution in [-0.2, 0) is 0 Å². The Kier molecular flexibility index (Phi) is 5.57. The van der Waals surface area contributed by atoms with E-state index in [2.05, 4.69) is 26.2 Å². The summed E-state index contributed by atoms with van der Waals surface area (Å²) in [4.78, 5) is 12.1. The number of carbonyl (C=O) groups is 1. The van der Waals surface area contributed by atoms with E-state index in [0.717, 1.165) is 10.4 Å². The lowest BCUT2D eigenvalue weighted by Crippen LogP contribution is -2.30. The van der Waals surface area contributed by atoms with Crippen LogP contribution in [0.5, 0.6) is 11.5 Å². The zero-order chi connectivity index (χ0) is 16.1. The van der Waals surface area contributed by atoms with Gasteiger partial charge in [-0.05, 0) is 22.5 Å². The van der Waals surface area contributed by atoms with Gasteiger partial charge >= 0.3 is 6.16 Å².